The molecule has 90 valence electrons. The number of nitrogens with zero attached hydrogens (tertiary/aromatic N) is 2. The molecule has 0 aliphatic carbocycles. The third-order valence-electron chi connectivity index (χ3n) is 2.84. The minimum atomic E-state index is -0.901. The molecule has 2 rings (SSSR count). The average Bonchev–Trinajstić information content (AvgIpc) is 2.65. The molecule has 0 fully saturated rings. The Labute approximate surface area is 99.9 Å². The Morgan fingerprint density at radius 3 is 2.71 bits per heavy atom. The van der Waals surface area contributed by atoms with Gasteiger partial charge in [0.15, 0.2) is 0 Å². The Kier molecular flexibility index (Phi) is 2.88. The van der Waals surface area contributed by atoms with E-state index in [2.05, 4.69) is 30.3 Å². The predicted octanol–water partition coefficient (Wildman–Crippen LogP) is 2.88. The van der Waals surface area contributed by atoms with Crippen LogP contribution in [0.4, 0.5) is 0 Å². The largest absolute Gasteiger partial charge is 0.478 e. The molecule has 0 saturated heterocycles. The third kappa shape index (κ3) is 1.90. The summed E-state index contributed by atoms with van der Waals surface area (Å²) in [6, 6.07) is 5.35. The van der Waals surface area contributed by atoms with Crippen molar-refractivity contribution in [2.45, 2.75) is 33.2 Å². The fourth-order valence-electron chi connectivity index (χ4n) is 2.10. The first kappa shape index (κ1) is 11.6. The quantitative estimate of drug-likeness (QED) is 0.885. The Morgan fingerprint density at radius 1 is 1.47 bits per heavy atom. The lowest BCUT2D eigenvalue weighted by Gasteiger charge is -2.12. The number of aromatic nitrogens is 2. The summed E-state index contributed by atoms with van der Waals surface area (Å²) in [5, 5.41) is 9.01. The number of imidazole rings is 1. The minimum absolute atomic E-state index is 0.277. The summed E-state index contributed by atoms with van der Waals surface area (Å²) < 4.78 is 2.10. The lowest BCUT2D eigenvalue weighted by atomic mass is 10.2. The van der Waals surface area contributed by atoms with Gasteiger partial charge in [-0.1, -0.05) is 6.92 Å². The molecule has 0 bridgehead atoms. The highest BCUT2D eigenvalue weighted by atomic mass is 16.4. The second kappa shape index (κ2) is 4.20. The van der Waals surface area contributed by atoms with Gasteiger partial charge in [0.2, 0.25) is 0 Å². The van der Waals surface area contributed by atoms with Crippen molar-refractivity contribution in [3.8, 4) is 0 Å². The molecule has 17 heavy (non-hydrogen) atoms. The molecule has 4 heteroatoms. The normalized spacial score (nSPS) is 11.3. The Bertz CT molecular complexity index is 570. The molecule has 1 aromatic heterocycles. The van der Waals surface area contributed by atoms with E-state index in [9.17, 15) is 4.79 Å². The van der Waals surface area contributed by atoms with E-state index in [1.165, 1.54) is 0 Å². The monoisotopic (exact) mass is 232 g/mol. The molecule has 1 aromatic carbocycles. The van der Waals surface area contributed by atoms with Gasteiger partial charge in [0.25, 0.3) is 0 Å². The fraction of sp³-hybridized carbons (Fsp3) is 0.385. The summed E-state index contributed by atoms with van der Waals surface area (Å²) in [6.07, 6.45) is 0.843. The molecule has 0 aliphatic rings. The van der Waals surface area contributed by atoms with Crippen molar-refractivity contribution in [3.05, 3.63) is 29.6 Å². The smallest absolute Gasteiger partial charge is 0.335 e. The summed E-state index contributed by atoms with van der Waals surface area (Å²) in [5.41, 5.74) is 2.07. The topological polar surface area (TPSA) is 55.1 Å². The van der Waals surface area contributed by atoms with Crippen LogP contribution >= 0.6 is 0 Å². The lowest BCUT2D eigenvalue weighted by molar-refractivity contribution is 0.0697. The average molecular weight is 232 g/mol. The first-order valence-corrected chi connectivity index (χ1v) is 5.78. The van der Waals surface area contributed by atoms with Crippen LogP contribution in [0.1, 0.15) is 43.0 Å². The molecule has 0 radical (unpaired) electrons. The van der Waals surface area contributed by atoms with Crippen molar-refractivity contribution in [1.29, 1.82) is 0 Å². The summed E-state index contributed by atoms with van der Waals surface area (Å²) in [6.45, 7) is 6.21. The van der Waals surface area contributed by atoms with Gasteiger partial charge in [-0.15, -0.1) is 0 Å². The molecular formula is C13H16N2O2. The summed E-state index contributed by atoms with van der Waals surface area (Å²) in [7, 11) is 0. The first-order valence-electron chi connectivity index (χ1n) is 5.78. The number of hydrogen-bond donors (Lipinski definition) is 1. The van der Waals surface area contributed by atoms with Crippen LogP contribution in [0.5, 0.6) is 0 Å². The predicted molar refractivity (Wildman–Crippen MR) is 66.5 cm³/mol. The molecule has 0 saturated carbocycles. The number of aryl methyl sites for hydroxylation is 1. The van der Waals surface area contributed by atoms with Crippen LogP contribution in [-0.4, -0.2) is 20.6 Å². The third-order valence-corrected chi connectivity index (χ3v) is 2.84. The van der Waals surface area contributed by atoms with Gasteiger partial charge >= 0.3 is 5.97 Å². The van der Waals surface area contributed by atoms with Crippen LogP contribution in [0.2, 0.25) is 0 Å². The van der Waals surface area contributed by atoms with E-state index >= 15 is 0 Å². The highest BCUT2D eigenvalue weighted by Gasteiger charge is 2.13. The zero-order valence-electron chi connectivity index (χ0n) is 10.3. The number of carbonyl (C=O) groups is 1. The summed E-state index contributed by atoms with van der Waals surface area (Å²) >= 11 is 0. The molecule has 4 nitrogen and oxygen atoms in total. The molecule has 1 heterocycles. The standard InChI is InChI=1S/C13H16N2O2/c1-4-12-14-10-6-5-9(13(16)17)7-11(10)15(12)8(2)3/h5-8H,4H2,1-3H3,(H,16,17). The van der Waals surface area contributed by atoms with Gasteiger partial charge in [-0.2, -0.15) is 0 Å². The van der Waals surface area contributed by atoms with Crippen LogP contribution in [0.25, 0.3) is 11.0 Å². The molecule has 2 aromatic rings. The summed E-state index contributed by atoms with van der Waals surface area (Å²) in [5.74, 6) is 0.0963. The second-order valence-corrected chi connectivity index (χ2v) is 4.35. The number of fused-ring (bicyclic) bond motifs is 1. The SMILES string of the molecule is CCc1nc2ccc(C(=O)O)cc2n1C(C)C. The number of benzene rings is 1. The van der Waals surface area contributed by atoms with Crippen molar-refractivity contribution in [2.24, 2.45) is 0 Å². The van der Waals surface area contributed by atoms with Gasteiger partial charge in [0.1, 0.15) is 5.82 Å². The van der Waals surface area contributed by atoms with Crippen LogP contribution in [0, 0.1) is 0 Å². The fourth-order valence-corrected chi connectivity index (χ4v) is 2.10. The van der Waals surface area contributed by atoms with Crippen LogP contribution in [-0.2, 0) is 6.42 Å². The maximum absolute atomic E-state index is 11.0. The molecule has 0 spiro atoms. The second-order valence-electron chi connectivity index (χ2n) is 4.35. The zero-order chi connectivity index (χ0) is 12.6. The molecule has 0 atom stereocenters. The molecule has 0 unspecified atom stereocenters. The van der Waals surface area contributed by atoms with Gasteiger partial charge in [-0.25, -0.2) is 9.78 Å². The van der Waals surface area contributed by atoms with E-state index in [4.69, 9.17) is 5.11 Å². The van der Waals surface area contributed by atoms with E-state index < -0.39 is 5.97 Å². The number of aromatic carboxylic acids is 1. The first-order chi connectivity index (χ1) is 8.04. The Balaban J connectivity index is 2.73. The van der Waals surface area contributed by atoms with E-state index in [-0.39, 0.29) is 6.04 Å². The Hall–Kier alpha value is -1.84. The van der Waals surface area contributed by atoms with Gasteiger partial charge in [-0.05, 0) is 32.0 Å². The lowest BCUT2D eigenvalue weighted by Crippen LogP contribution is -2.05. The van der Waals surface area contributed by atoms with E-state index in [1.54, 1.807) is 18.2 Å². The van der Waals surface area contributed by atoms with Gasteiger partial charge in [0, 0.05) is 12.5 Å². The molecular weight excluding hydrogens is 216 g/mol. The van der Waals surface area contributed by atoms with Gasteiger partial charge in [0.05, 0.1) is 16.6 Å². The van der Waals surface area contributed by atoms with Crippen molar-refractivity contribution >= 4 is 17.0 Å². The maximum atomic E-state index is 11.0. The summed E-state index contributed by atoms with van der Waals surface area (Å²) in [4.78, 5) is 15.5. The van der Waals surface area contributed by atoms with E-state index in [0.29, 0.717) is 5.56 Å². The highest BCUT2D eigenvalue weighted by Crippen LogP contribution is 2.22. The molecule has 1 N–H and O–H groups in total. The van der Waals surface area contributed by atoms with Crippen LogP contribution in [0.3, 0.4) is 0 Å². The number of carboxylic acid groups (broad SMARTS) is 1. The van der Waals surface area contributed by atoms with Crippen molar-refractivity contribution in [3.63, 3.8) is 0 Å². The van der Waals surface area contributed by atoms with E-state index in [0.717, 1.165) is 23.3 Å². The number of rotatable bonds is 3. The van der Waals surface area contributed by atoms with Crippen LogP contribution < -0.4 is 0 Å². The Morgan fingerprint density at radius 2 is 2.18 bits per heavy atom. The minimum Gasteiger partial charge on any atom is -0.478 e. The van der Waals surface area contributed by atoms with Gasteiger partial charge < -0.3 is 9.67 Å². The maximum Gasteiger partial charge on any atom is 0.335 e. The van der Waals surface area contributed by atoms with Crippen LogP contribution in [0.15, 0.2) is 18.2 Å². The zero-order valence-corrected chi connectivity index (χ0v) is 10.3. The van der Waals surface area contributed by atoms with Crippen molar-refractivity contribution in [1.82, 2.24) is 9.55 Å². The number of carboxylic acids is 1. The van der Waals surface area contributed by atoms with E-state index in [1.807, 2.05) is 0 Å². The molecule has 0 aliphatic heterocycles. The van der Waals surface area contributed by atoms with Gasteiger partial charge in [-0.3, -0.25) is 0 Å². The van der Waals surface area contributed by atoms with Crippen molar-refractivity contribution in [2.75, 3.05) is 0 Å². The molecule has 0 amide bonds. The number of hydrogen-bond acceptors (Lipinski definition) is 2. The highest BCUT2D eigenvalue weighted by molar-refractivity contribution is 5.92. The van der Waals surface area contributed by atoms with Crippen molar-refractivity contribution < 1.29 is 9.90 Å².